The van der Waals surface area contributed by atoms with Gasteiger partial charge in [0.25, 0.3) is 0 Å². The first-order valence-corrected chi connectivity index (χ1v) is 6.75. The Morgan fingerprint density at radius 2 is 1.68 bits per heavy atom. The van der Waals surface area contributed by atoms with E-state index < -0.39 is 11.6 Å². The highest BCUT2D eigenvalue weighted by molar-refractivity contribution is 9.10. The van der Waals surface area contributed by atoms with Crippen LogP contribution in [-0.2, 0) is 0 Å². The minimum Gasteiger partial charge on any atom is -0.313 e. The molecule has 2 aromatic carbocycles. The van der Waals surface area contributed by atoms with Crippen LogP contribution < -0.4 is 5.32 Å². The number of rotatable bonds is 3. The topological polar surface area (TPSA) is 12.0 Å². The van der Waals surface area contributed by atoms with Gasteiger partial charge in [-0.15, -0.1) is 0 Å². The van der Waals surface area contributed by atoms with Crippen molar-refractivity contribution in [1.29, 1.82) is 0 Å². The van der Waals surface area contributed by atoms with Gasteiger partial charge in [-0.3, -0.25) is 0 Å². The minimum atomic E-state index is -0.575. The summed E-state index contributed by atoms with van der Waals surface area (Å²) in [5.41, 5.74) is 1.60. The number of halogens is 3. The van der Waals surface area contributed by atoms with Crippen molar-refractivity contribution < 1.29 is 8.78 Å². The van der Waals surface area contributed by atoms with Crippen molar-refractivity contribution >= 4 is 15.9 Å². The molecule has 4 heteroatoms. The van der Waals surface area contributed by atoms with E-state index in [0.717, 1.165) is 5.56 Å². The third kappa shape index (κ3) is 2.85. The largest absolute Gasteiger partial charge is 0.313 e. The van der Waals surface area contributed by atoms with Gasteiger partial charge in [-0.1, -0.05) is 24.3 Å². The summed E-state index contributed by atoms with van der Waals surface area (Å²) in [6, 6.07) is 10.0. The average molecular weight is 326 g/mol. The monoisotopic (exact) mass is 325 g/mol. The SMILES string of the molecule is CNC(C)c1ccc(-c2c(F)ccc(Br)c2F)cc1. The van der Waals surface area contributed by atoms with Gasteiger partial charge < -0.3 is 5.32 Å². The Morgan fingerprint density at radius 1 is 1.05 bits per heavy atom. The lowest BCUT2D eigenvalue weighted by atomic mass is 10.0. The Balaban J connectivity index is 2.46. The third-order valence-corrected chi connectivity index (χ3v) is 3.79. The minimum absolute atomic E-state index is 0.00182. The molecule has 0 radical (unpaired) electrons. The smallest absolute Gasteiger partial charge is 0.148 e. The molecule has 0 saturated heterocycles. The van der Waals surface area contributed by atoms with Crippen molar-refractivity contribution in [2.45, 2.75) is 13.0 Å². The Labute approximate surface area is 119 Å². The van der Waals surface area contributed by atoms with E-state index in [2.05, 4.69) is 21.2 Å². The summed E-state index contributed by atoms with van der Waals surface area (Å²) < 4.78 is 28.0. The van der Waals surface area contributed by atoms with Gasteiger partial charge in [0.15, 0.2) is 0 Å². The van der Waals surface area contributed by atoms with Crippen LogP contribution in [0, 0.1) is 11.6 Å². The summed E-state index contributed by atoms with van der Waals surface area (Å²) >= 11 is 3.07. The zero-order chi connectivity index (χ0) is 14.0. The molecule has 0 saturated carbocycles. The van der Waals surface area contributed by atoms with Crippen LogP contribution in [-0.4, -0.2) is 7.05 Å². The van der Waals surface area contributed by atoms with Gasteiger partial charge >= 0.3 is 0 Å². The van der Waals surface area contributed by atoms with Gasteiger partial charge in [0.2, 0.25) is 0 Å². The molecular formula is C15H14BrF2N. The first kappa shape index (κ1) is 14.2. The van der Waals surface area contributed by atoms with E-state index in [1.165, 1.54) is 12.1 Å². The standard InChI is InChI=1S/C15H14BrF2N/c1-9(19-2)10-3-5-11(6-4-10)14-13(17)8-7-12(16)15(14)18/h3-9,19H,1-2H3. The van der Waals surface area contributed by atoms with E-state index >= 15 is 0 Å². The summed E-state index contributed by atoms with van der Waals surface area (Å²) in [7, 11) is 1.87. The maximum atomic E-state index is 14.0. The van der Waals surface area contributed by atoms with Crippen LogP contribution in [0.1, 0.15) is 18.5 Å². The van der Waals surface area contributed by atoms with Crippen molar-refractivity contribution in [1.82, 2.24) is 5.32 Å². The van der Waals surface area contributed by atoms with E-state index in [9.17, 15) is 8.78 Å². The van der Waals surface area contributed by atoms with Gasteiger partial charge in [0.05, 0.1) is 10.0 Å². The van der Waals surface area contributed by atoms with Crippen LogP contribution in [0.2, 0.25) is 0 Å². The number of hydrogen-bond donors (Lipinski definition) is 1. The molecule has 0 heterocycles. The van der Waals surface area contributed by atoms with Crippen LogP contribution in [0.25, 0.3) is 11.1 Å². The Kier molecular flexibility index (Phi) is 4.32. The predicted octanol–water partition coefficient (Wildman–Crippen LogP) is 4.67. The second-order valence-electron chi connectivity index (χ2n) is 4.35. The third-order valence-electron chi connectivity index (χ3n) is 3.18. The second-order valence-corrected chi connectivity index (χ2v) is 5.20. The summed E-state index contributed by atoms with van der Waals surface area (Å²) in [6.45, 7) is 2.02. The molecular weight excluding hydrogens is 312 g/mol. The van der Waals surface area contributed by atoms with Crippen LogP contribution in [0.15, 0.2) is 40.9 Å². The molecule has 0 bridgehead atoms. The highest BCUT2D eigenvalue weighted by Crippen LogP contribution is 2.31. The van der Waals surface area contributed by atoms with Crippen molar-refractivity contribution in [2.75, 3.05) is 7.05 Å². The highest BCUT2D eigenvalue weighted by atomic mass is 79.9. The normalized spacial score (nSPS) is 12.5. The molecule has 1 unspecified atom stereocenters. The van der Waals surface area contributed by atoms with Crippen molar-refractivity contribution in [3.63, 3.8) is 0 Å². The van der Waals surface area contributed by atoms with Crippen LogP contribution in [0.3, 0.4) is 0 Å². The summed E-state index contributed by atoms with van der Waals surface area (Å²) in [4.78, 5) is 0. The fourth-order valence-corrected chi connectivity index (χ4v) is 2.23. The number of nitrogens with one attached hydrogen (secondary N) is 1. The van der Waals surface area contributed by atoms with Crippen LogP contribution in [0.5, 0.6) is 0 Å². The summed E-state index contributed by atoms with van der Waals surface area (Å²) in [6.07, 6.45) is 0. The molecule has 0 fully saturated rings. The molecule has 2 aromatic rings. The average Bonchev–Trinajstić information content (AvgIpc) is 2.43. The molecule has 0 aliphatic rings. The Bertz CT molecular complexity index is 581. The highest BCUT2D eigenvalue weighted by Gasteiger charge is 2.14. The molecule has 19 heavy (non-hydrogen) atoms. The lowest BCUT2D eigenvalue weighted by molar-refractivity contribution is 0.585. The van der Waals surface area contributed by atoms with Crippen molar-refractivity contribution in [2.24, 2.45) is 0 Å². The molecule has 0 aliphatic carbocycles. The van der Waals surface area contributed by atoms with Crippen LogP contribution in [0.4, 0.5) is 8.78 Å². The fraction of sp³-hybridized carbons (Fsp3) is 0.200. The number of hydrogen-bond acceptors (Lipinski definition) is 1. The maximum Gasteiger partial charge on any atom is 0.148 e. The predicted molar refractivity (Wildman–Crippen MR) is 77.0 cm³/mol. The molecule has 0 amide bonds. The van der Waals surface area contributed by atoms with E-state index in [1.807, 2.05) is 26.1 Å². The van der Waals surface area contributed by atoms with Crippen molar-refractivity contribution in [3.05, 3.63) is 58.1 Å². The maximum absolute atomic E-state index is 14.0. The quantitative estimate of drug-likeness (QED) is 0.808. The molecule has 0 aromatic heterocycles. The number of benzene rings is 2. The molecule has 1 N–H and O–H groups in total. The summed E-state index contributed by atoms with van der Waals surface area (Å²) in [5, 5.41) is 3.12. The first-order valence-electron chi connectivity index (χ1n) is 5.95. The molecule has 1 atom stereocenters. The molecule has 100 valence electrons. The van der Waals surface area contributed by atoms with Gasteiger partial charge in [-0.25, -0.2) is 8.78 Å². The summed E-state index contributed by atoms with van der Waals surface area (Å²) in [5.74, 6) is -1.13. The van der Waals surface area contributed by atoms with Gasteiger partial charge in [0.1, 0.15) is 11.6 Å². The van der Waals surface area contributed by atoms with Gasteiger partial charge in [-0.2, -0.15) is 0 Å². The van der Waals surface area contributed by atoms with Gasteiger partial charge in [0, 0.05) is 6.04 Å². The van der Waals surface area contributed by atoms with E-state index in [-0.39, 0.29) is 16.1 Å². The fourth-order valence-electron chi connectivity index (χ4n) is 1.90. The van der Waals surface area contributed by atoms with E-state index in [1.54, 1.807) is 12.1 Å². The van der Waals surface area contributed by atoms with Crippen LogP contribution >= 0.6 is 15.9 Å². The molecule has 0 spiro atoms. The lowest BCUT2D eigenvalue weighted by Gasteiger charge is -2.12. The Hall–Kier alpha value is -1.26. The van der Waals surface area contributed by atoms with E-state index in [0.29, 0.717) is 5.56 Å². The Morgan fingerprint density at radius 3 is 2.26 bits per heavy atom. The first-order chi connectivity index (χ1) is 9.04. The zero-order valence-electron chi connectivity index (χ0n) is 10.7. The second kappa shape index (κ2) is 5.80. The van der Waals surface area contributed by atoms with Gasteiger partial charge in [-0.05, 0) is 53.2 Å². The van der Waals surface area contributed by atoms with E-state index in [4.69, 9.17) is 0 Å². The molecule has 0 aliphatic heterocycles. The molecule has 2 rings (SSSR count). The molecule has 1 nitrogen and oxygen atoms in total. The lowest BCUT2D eigenvalue weighted by Crippen LogP contribution is -2.11. The van der Waals surface area contributed by atoms with Crippen molar-refractivity contribution in [3.8, 4) is 11.1 Å². The zero-order valence-corrected chi connectivity index (χ0v) is 12.3.